The lowest BCUT2D eigenvalue weighted by Crippen LogP contribution is -2.27. The van der Waals surface area contributed by atoms with Crippen LogP contribution in [0, 0.1) is 17.8 Å². The molecule has 2 aromatic heterocycles. The van der Waals surface area contributed by atoms with Crippen molar-refractivity contribution in [2.45, 2.75) is 13.3 Å². The van der Waals surface area contributed by atoms with Gasteiger partial charge in [0.25, 0.3) is 0 Å². The first-order valence-corrected chi connectivity index (χ1v) is 8.42. The summed E-state index contributed by atoms with van der Waals surface area (Å²) in [6, 6.07) is 3.62. The zero-order valence-electron chi connectivity index (χ0n) is 13.0. The number of fused-ring (bicyclic) bond motifs is 1. The second-order valence-corrected chi connectivity index (χ2v) is 6.66. The van der Waals surface area contributed by atoms with E-state index in [9.17, 15) is 0 Å². The van der Waals surface area contributed by atoms with Crippen LogP contribution in [0.2, 0.25) is 5.15 Å². The maximum Gasteiger partial charge on any atom is 0.225 e. The van der Waals surface area contributed by atoms with Crippen LogP contribution in [-0.4, -0.2) is 34.6 Å². The van der Waals surface area contributed by atoms with E-state index in [0.717, 1.165) is 37.8 Å². The number of hydrogen-bond donors (Lipinski definition) is 0. The molecule has 1 saturated carbocycles. The van der Waals surface area contributed by atoms with Crippen LogP contribution in [0.1, 0.15) is 12.5 Å². The monoisotopic (exact) mass is 330 g/mol. The topological polar surface area (TPSA) is 51.1 Å². The molecule has 0 bridgehead atoms. The van der Waals surface area contributed by atoms with Crippen molar-refractivity contribution in [2.24, 2.45) is 17.8 Å². The van der Waals surface area contributed by atoms with Crippen molar-refractivity contribution in [3.8, 4) is 5.75 Å². The van der Waals surface area contributed by atoms with Crippen molar-refractivity contribution >= 4 is 17.5 Å². The molecule has 120 valence electrons. The average molecular weight is 331 g/mol. The fourth-order valence-corrected chi connectivity index (χ4v) is 3.51. The van der Waals surface area contributed by atoms with Crippen LogP contribution in [0.25, 0.3) is 0 Å². The molecule has 6 heteroatoms. The predicted molar refractivity (Wildman–Crippen MR) is 88.8 cm³/mol. The van der Waals surface area contributed by atoms with Gasteiger partial charge in [0.1, 0.15) is 10.9 Å². The van der Waals surface area contributed by atoms with Gasteiger partial charge in [-0.3, -0.25) is 0 Å². The molecule has 2 aliphatic rings. The quantitative estimate of drug-likeness (QED) is 0.789. The van der Waals surface area contributed by atoms with Crippen LogP contribution in [-0.2, 0) is 6.42 Å². The first-order valence-electron chi connectivity index (χ1n) is 8.05. The van der Waals surface area contributed by atoms with Gasteiger partial charge in [-0.25, -0.2) is 15.0 Å². The molecule has 2 aromatic rings. The second-order valence-electron chi connectivity index (χ2n) is 6.27. The number of halogens is 1. The molecule has 2 fully saturated rings. The molecule has 1 saturated heterocycles. The minimum absolute atomic E-state index is 0.491. The largest absolute Gasteiger partial charge is 0.492 e. The Balaban J connectivity index is 1.28. The minimum Gasteiger partial charge on any atom is -0.492 e. The van der Waals surface area contributed by atoms with Crippen molar-refractivity contribution in [2.75, 3.05) is 24.6 Å². The third-order valence-corrected chi connectivity index (χ3v) is 5.12. The number of hydrogen-bond acceptors (Lipinski definition) is 5. The average Bonchev–Trinajstić information content (AvgIpc) is 3.04. The second kappa shape index (κ2) is 5.96. The van der Waals surface area contributed by atoms with Crippen LogP contribution in [0.15, 0.2) is 30.7 Å². The Morgan fingerprint density at radius 3 is 2.48 bits per heavy atom. The molecule has 1 aliphatic carbocycles. The zero-order valence-corrected chi connectivity index (χ0v) is 13.8. The van der Waals surface area contributed by atoms with Gasteiger partial charge in [0, 0.05) is 31.4 Å². The summed E-state index contributed by atoms with van der Waals surface area (Å²) in [5.74, 6) is 3.68. The summed E-state index contributed by atoms with van der Waals surface area (Å²) >= 11 is 5.77. The molecule has 2 unspecified atom stereocenters. The van der Waals surface area contributed by atoms with E-state index in [-0.39, 0.29) is 0 Å². The number of aryl methyl sites for hydroxylation is 1. The number of nitrogens with zero attached hydrogens (tertiary/aromatic N) is 4. The van der Waals surface area contributed by atoms with E-state index in [1.807, 2.05) is 18.5 Å². The molecule has 0 radical (unpaired) electrons. The smallest absolute Gasteiger partial charge is 0.225 e. The van der Waals surface area contributed by atoms with Gasteiger partial charge in [0.15, 0.2) is 0 Å². The van der Waals surface area contributed by atoms with Crippen LogP contribution in [0.3, 0.4) is 0 Å². The van der Waals surface area contributed by atoms with Crippen LogP contribution < -0.4 is 9.64 Å². The Morgan fingerprint density at radius 1 is 1.13 bits per heavy atom. The van der Waals surface area contributed by atoms with Crippen molar-refractivity contribution in [3.05, 3.63) is 41.4 Å². The molecule has 4 rings (SSSR count). The van der Waals surface area contributed by atoms with Gasteiger partial charge in [-0.1, -0.05) is 18.5 Å². The van der Waals surface area contributed by atoms with Crippen molar-refractivity contribution < 1.29 is 4.74 Å². The van der Waals surface area contributed by atoms with E-state index in [4.69, 9.17) is 16.3 Å². The zero-order chi connectivity index (χ0) is 15.8. The first-order chi connectivity index (χ1) is 11.2. The Kier molecular flexibility index (Phi) is 3.81. The third-order valence-electron chi connectivity index (χ3n) is 4.90. The Bertz CT molecular complexity index is 664. The number of anilines is 1. The lowest BCUT2D eigenvalue weighted by Gasteiger charge is -2.19. The fourth-order valence-electron chi connectivity index (χ4n) is 3.39. The normalized spacial score (nSPS) is 25.3. The number of pyridine rings is 1. The summed E-state index contributed by atoms with van der Waals surface area (Å²) in [5.41, 5.74) is 1.18. The predicted octanol–water partition coefficient (Wildman–Crippen LogP) is 2.85. The summed E-state index contributed by atoms with van der Waals surface area (Å²) in [5, 5.41) is 0.491. The van der Waals surface area contributed by atoms with E-state index < -0.39 is 0 Å². The fraction of sp³-hybridized carbons (Fsp3) is 0.471. The third kappa shape index (κ3) is 2.98. The lowest BCUT2D eigenvalue weighted by atomic mass is 10.2. The van der Waals surface area contributed by atoms with Crippen LogP contribution in [0.4, 0.5) is 5.95 Å². The molecule has 0 N–H and O–H groups in total. The number of ether oxygens (including phenoxy) is 1. The maximum absolute atomic E-state index is 5.82. The van der Waals surface area contributed by atoms with Gasteiger partial charge < -0.3 is 9.64 Å². The van der Waals surface area contributed by atoms with Gasteiger partial charge in [-0.05, 0) is 36.0 Å². The van der Waals surface area contributed by atoms with E-state index in [1.165, 1.54) is 5.56 Å². The SMILES string of the molecule is CCc1cnc(N2CC3C(COc4ccc(Cl)nc4)[C@H]3C2)nc1. The highest BCUT2D eigenvalue weighted by Gasteiger charge is 2.56. The van der Waals surface area contributed by atoms with Gasteiger partial charge in [-0.2, -0.15) is 0 Å². The molecule has 0 spiro atoms. The Morgan fingerprint density at radius 2 is 1.87 bits per heavy atom. The summed E-state index contributed by atoms with van der Waals surface area (Å²) in [6.07, 6.45) is 6.52. The highest BCUT2D eigenvalue weighted by molar-refractivity contribution is 6.29. The molecule has 0 aromatic carbocycles. The summed E-state index contributed by atoms with van der Waals surface area (Å²) in [4.78, 5) is 15.3. The minimum atomic E-state index is 0.491. The highest BCUT2D eigenvalue weighted by Crippen LogP contribution is 2.52. The molecule has 3 atom stereocenters. The molecule has 3 heterocycles. The van der Waals surface area contributed by atoms with Gasteiger partial charge in [0.2, 0.25) is 5.95 Å². The van der Waals surface area contributed by atoms with Crippen LogP contribution >= 0.6 is 11.6 Å². The van der Waals surface area contributed by atoms with E-state index in [1.54, 1.807) is 12.3 Å². The van der Waals surface area contributed by atoms with Crippen LogP contribution in [0.5, 0.6) is 5.75 Å². The number of aromatic nitrogens is 3. The van der Waals surface area contributed by atoms with Gasteiger partial charge in [0.05, 0.1) is 12.8 Å². The van der Waals surface area contributed by atoms with E-state index in [2.05, 4.69) is 26.8 Å². The summed E-state index contributed by atoms with van der Waals surface area (Å²) in [6.45, 7) is 4.93. The van der Waals surface area contributed by atoms with Gasteiger partial charge >= 0.3 is 0 Å². The Labute approximate surface area is 140 Å². The van der Waals surface area contributed by atoms with Crippen molar-refractivity contribution in [3.63, 3.8) is 0 Å². The number of piperidine rings is 1. The summed E-state index contributed by atoms with van der Waals surface area (Å²) < 4.78 is 5.82. The van der Waals surface area contributed by atoms with E-state index in [0.29, 0.717) is 22.9 Å². The Hall–Kier alpha value is -1.88. The molecule has 23 heavy (non-hydrogen) atoms. The molecule has 5 nitrogen and oxygen atoms in total. The number of rotatable bonds is 5. The molecular formula is C17H19ClN4O. The lowest BCUT2D eigenvalue weighted by molar-refractivity contribution is 0.282. The molecule has 1 aliphatic heterocycles. The van der Waals surface area contributed by atoms with Crippen molar-refractivity contribution in [1.29, 1.82) is 0 Å². The van der Waals surface area contributed by atoms with E-state index >= 15 is 0 Å². The summed E-state index contributed by atoms with van der Waals surface area (Å²) in [7, 11) is 0. The molecular weight excluding hydrogens is 312 g/mol. The standard InChI is InChI=1S/C17H19ClN4O/c1-2-11-5-20-17(21-6-11)22-8-13-14(9-22)15(13)10-23-12-3-4-16(18)19-7-12/h3-7,13-15H,2,8-10H2,1H3/t13-,14?,15?/m0/s1. The molecule has 0 amide bonds. The maximum atomic E-state index is 5.82. The first kappa shape index (κ1) is 14.7. The highest BCUT2D eigenvalue weighted by atomic mass is 35.5. The van der Waals surface area contributed by atoms with Crippen molar-refractivity contribution in [1.82, 2.24) is 15.0 Å². The van der Waals surface area contributed by atoms with Gasteiger partial charge in [-0.15, -0.1) is 0 Å².